The fourth-order valence-electron chi connectivity index (χ4n) is 1.48. The summed E-state index contributed by atoms with van der Waals surface area (Å²) in [6.45, 7) is 0.658. The van der Waals surface area contributed by atoms with Gasteiger partial charge in [-0.05, 0) is 12.1 Å². The second-order valence-electron chi connectivity index (χ2n) is 3.01. The summed E-state index contributed by atoms with van der Waals surface area (Å²) >= 11 is -2.14. The highest BCUT2D eigenvalue weighted by Gasteiger charge is 2.19. The molecule has 82 valence electrons. The van der Waals surface area contributed by atoms with Crippen molar-refractivity contribution in [3.8, 4) is 0 Å². The highest BCUT2D eigenvalue weighted by Crippen LogP contribution is 2.30. The van der Waals surface area contributed by atoms with Gasteiger partial charge in [0.1, 0.15) is 0 Å². The van der Waals surface area contributed by atoms with E-state index in [0.29, 0.717) is 22.9 Å². The van der Waals surface area contributed by atoms with Crippen molar-refractivity contribution in [1.82, 2.24) is 0 Å². The lowest BCUT2D eigenvalue weighted by Crippen LogP contribution is -2.20. The average Bonchev–Trinajstić information content (AvgIpc) is 2.17. The van der Waals surface area contributed by atoms with Crippen LogP contribution in [0.4, 0.5) is 11.4 Å². The van der Waals surface area contributed by atoms with Crippen molar-refractivity contribution in [2.24, 2.45) is 0 Å². The third kappa shape index (κ3) is 2.19. The molecule has 2 rings (SSSR count). The fraction of sp³-hybridized carbons (Fsp3) is 0.250. The number of benzene rings is 1. The van der Waals surface area contributed by atoms with E-state index in [1.54, 1.807) is 18.2 Å². The molecule has 0 fully saturated rings. The Morgan fingerprint density at radius 1 is 1.53 bits per heavy atom. The van der Waals surface area contributed by atoms with E-state index < -0.39 is 22.1 Å². The quantitative estimate of drug-likeness (QED) is 0.673. The lowest BCUT2D eigenvalue weighted by atomic mass is 10.3. The standard InChI is InChI=1S/C8H10N2O3S2/c11-14-5-4-9-6-2-1-3-7(8(6)14)10-15(12)13/h1-3,9-10H,4-5H2,(H,12,13). The zero-order valence-electron chi connectivity index (χ0n) is 7.73. The van der Waals surface area contributed by atoms with Crippen LogP contribution in [-0.2, 0) is 22.1 Å². The molecular formula is C8H10N2O3S2. The second kappa shape index (κ2) is 4.30. The summed E-state index contributed by atoms with van der Waals surface area (Å²) in [7, 11) is -1.11. The van der Waals surface area contributed by atoms with Gasteiger partial charge in [0.2, 0.25) is 0 Å². The van der Waals surface area contributed by atoms with E-state index >= 15 is 0 Å². The van der Waals surface area contributed by atoms with Crippen LogP contribution in [0.2, 0.25) is 0 Å². The van der Waals surface area contributed by atoms with Crippen molar-refractivity contribution in [3.05, 3.63) is 18.2 Å². The van der Waals surface area contributed by atoms with Crippen LogP contribution < -0.4 is 10.0 Å². The van der Waals surface area contributed by atoms with E-state index in [1.165, 1.54) is 0 Å². The molecule has 7 heteroatoms. The molecule has 3 N–H and O–H groups in total. The molecule has 1 aromatic carbocycles. The van der Waals surface area contributed by atoms with E-state index in [4.69, 9.17) is 4.55 Å². The summed E-state index contributed by atoms with van der Waals surface area (Å²) in [5.41, 5.74) is 1.20. The van der Waals surface area contributed by atoms with Crippen LogP contribution in [-0.4, -0.2) is 25.3 Å². The minimum Gasteiger partial charge on any atom is -0.383 e. The van der Waals surface area contributed by atoms with Crippen molar-refractivity contribution in [1.29, 1.82) is 0 Å². The largest absolute Gasteiger partial charge is 0.383 e. The van der Waals surface area contributed by atoms with Crippen LogP contribution in [0, 0.1) is 0 Å². The van der Waals surface area contributed by atoms with Crippen molar-refractivity contribution < 1.29 is 13.0 Å². The Hall–Kier alpha value is -0.920. The van der Waals surface area contributed by atoms with Gasteiger partial charge >= 0.3 is 0 Å². The molecule has 1 aliphatic rings. The molecule has 15 heavy (non-hydrogen) atoms. The third-order valence-electron chi connectivity index (χ3n) is 2.04. The van der Waals surface area contributed by atoms with Gasteiger partial charge in [0.05, 0.1) is 27.1 Å². The minimum absolute atomic E-state index is 0.443. The summed E-state index contributed by atoms with van der Waals surface area (Å²) in [6, 6.07) is 5.18. The number of nitrogens with one attached hydrogen (secondary N) is 2. The van der Waals surface area contributed by atoms with E-state index in [0.717, 1.165) is 5.69 Å². The molecule has 0 amide bonds. The van der Waals surface area contributed by atoms with Gasteiger partial charge in [0, 0.05) is 12.3 Å². The highest BCUT2D eigenvalue weighted by atomic mass is 32.2. The van der Waals surface area contributed by atoms with Gasteiger partial charge in [0.15, 0.2) is 0 Å². The Morgan fingerprint density at radius 3 is 3.07 bits per heavy atom. The molecule has 5 nitrogen and oxygen atoms in total. The normalized spacial score (nSPS) is 21.3. The van der Waals surface area contributed by atoms with Crippen LogP contribution in [0.3, 0.4) is 0 Å². The molecule has 0 bridgehead atoms. The molecule has 2 atom stereocenters. The zero-order chi connectivity index (χ0) is 10.8. The molecule has 0 spiro atoms. The molecule has 0 saturated heterocycles. The lowest BCUT2D eigenvalue weighted by molar-refractivity contribution is 0.570. The average molecular weight is 246 g/mol. The molecule has 2 unspecified atom stereocenters. The molecule has 0 saturated carbocycles. The molecule has 0 aromatic heterocycles. The number of fused-ring (bicyclic) bond motifs is 1. The molecule has 1 heterocycles. The smallest absolute Gasteiger partial charge is 0.259 e. The van der Waals surface area contributed by atoms with Gasteiger partial charge in [0.25, 0.3) is 11.3 Å². The van der Waals surface area contributed by atoms with Gasteiger partial charge in [-0.1, -0.05) is 6.07 Å². The monoisotopic (exact) mass is 246 g/mol. The molecule has 1 aliphatic heterocycles. The van der Waals surface area contributed by atoms with Crippen molar-refractivity contribution in [2.75, 3.05) is 22.3 Å². The number of hydrogen-bond acceptors (Lipinski definition) is 3. The van der Waals surface area contributed by atoms with Gasteiger partial charge < -0.3 is 5.32 Å². The number of anilines is 2. The van der Waals surface area contributed by atoms with E-state index in [-0.39, 0.29) is 0 Å². The summed E-state index contributed by atoms with van der Waals surface area (Å²) in [5, 5.41) is 3.09. The minimum atomic E-state index is -2.14. The first kappa shape index (κ1) is 10.6. The van der Waals surface area contributed by atoms with Gasteiger partial charge in [-0.25, -0.2) is 4.21 Å². The Morgan fingerprint density at radius 2 is 2.33 bits per heavy atom. The van der Waals surface area contributed by atoms with Crippen LogP contribution in [0.5, 0.6) is 0 Å². The predicted octanol–water partition coefficient (Wildman–Crippen LogP) is 0.768. The Kier molecular flexibility index (Phi) is 3.03. The first-order valence-electron chi connectivity index (χ1n) is 4.31. The molecule has 0 radical (unpaired) electrons. The molecular weight excluding hydrogens is 236 g/mol. The summed E-state index contributed by atoms with van der Waals surface area (Å²) in [5.74, 6) is 0.518. The topological polar surface area (TPSA) is 78.4 Å². The maximum atomic E-state index is 11.7. The Bertz CT molecular complexity index is 436. The van der Waals surface area contributed by atoms with Crippen LogP contribution >= 0.6 is 0 Å². The summed E-state index contributed by atoms with van der Waals surface area (Å²) in [6.07, 6.45) is 0. The van der Waals surface area contributed by atoms with Crippen LogP contribution in [0.15, 0.2) is 23.1 Å². The van der Waals surface area contributed by atoms with E-state index in [1.807, 2.05) is 0 Å². The third-order valence-corrected chi connectivity index (χ3v) is 3.91. The summed E-state index contributed by atoms with van der Waals surface area (Å²) < 4.78 is 33.5. The number of rotatable bonds is 2. The molecule has 0 aliphatic carbocycles. The molecule has 1 aromatic rings. The highest BCUT2D eigenvalue weighted by molar-refractivity contribution is 7.85. The van der Waals surface area contributed by atoms with E-state index in [9.17, 15) is 8.42 Å². The van der Waals surface area contributed by atoms with Gasteiger partial charge in [-0.15, -0.1) is 0 Å². The Labute approximate surface area is 92.1 Å². The van der Waals surface area contributed by atoms with Crippen molar-refractivity contribution in [3.63, 3.8) is 0 Å². The zero-order valence-corrected chi connectivity index (χ0v) is 9.36. The van der Waals surface area contributed by atoms with Crippen molar-refractivity contribution in [2.45, 2.75) is 4.90 Å². The maximum Gasteiger partial charge on any atom is 0.259 e. The lowest BCUT2D eigenvalue weighted by Gasteiger charge is -2.19. The Balaban J connectivity index is 2.46. The number of hydrogen-bond donors (Lipinski definition) is 3. The van der Waals surface area contributed by atoms with E-state index in [2.05, 4.69) is 10.0 Å². The fourth-order valence-corrected chi connectivity index (χ4v) is 3.14. The van der Waals surface area contributed by atoms with Gasteiger partial charge in [-0.3, -0.25) is 13.5 Å². The SMILES string of the molecule is O=S(O)Nc1cccc2c1S(=O)CCN2. The first-order chi connectivity index (χ1) is 7.18. The van der Waals surface area contributed by atoms with Crippen LogP contribution in [0.25, 0.3) is 0 Å². The van der Waals surface area contributed by atoms with Gasteiger partial charge in [-0.2, -0.15) is 0 Å². The predicted molar refractivity (Wildman–Crippen MR) is 60.6 cm³/mol. The van der Waals surface area contributed by atoms with Crippen molar-refractivity contribution >= 4 is 33.4 Å². The second-order valence-corrected chi connectivity index (χ2v) is 5.22. The first-order valence-corrected chi connectivity index (χ1v) is 6.74. The maximum absolute atomic E-state index is 11.7. The summed E-state index contributed by atoms with van der Waals surface area (Å²) in [4.78, 5) is 0.575. The van der Waals surface area contributed by atoms with Crippen LogP contribution in [0.1, 0.15) is 0 Å².